The molecule has 1 aliphatic rings. The van der Waals surface area contributed by atoms with Crippen LogP contribution in [0.3, 0.4) is 0 Å². The van der Waals surface area contributed by atoms with E-state index in [0.29, 0.717) is 6.42 Å². The predicted molar refractivity (Wildman–Crippen MR) is 146 cm³/mol. The summed E-state index contributed by atoms with van der Waals surface area (Å²) in [6.45, 7) is 19.4. The van der Waals surface area contributed by atoms with E-state index in [1.165, 1.54) is 28.7 Å². The molecular formula is C30H46N2O. The molecular weight excluding hydrogens is 404 g/mol. The molecule has 0 unspecified atom stereocenters. The first-order valence-corrected chi connectivity index (χ1v) is 12.1. The Hall–Kier alpha value is -2.68. The largest absolute Gasteiger partial charge is 0.351 e. The molecule has 3 nitrogen and oxygen atoms in total. The smallest absolute Gasteiger partial charge is 0.226 e. The van der Waals surface area contributed by atoms with Crippen molar-refractivity contribution < 1.29 is 4.79 Å². The van der Waals surface area contributed by atoms with Crippen LogP contribution in [0.2, 0.25) is 0 Å². The topological polar surface area (TPSA) is 41.5 Å². The van der Waals surface area contributed by atoms with Gasteiger partial charge in [0.05, 0.1) is 13.0 Å². The molecule has 0 fully saturated rings. The van der Waals surface area contributed by atoms with Gasteiger partial charge in [-0.15, -0.1) is 0 Å². The Labute approximate surface area is 203 Å². The van der Waals surface area contributed by atoms with Crippen LogP contribution in [0.5, 0.6) is 0 Å². The number of nitrogens with one attached hydrogen (secondary N) is 1. The lowest BCUT2D eigenvalue weighted by Crippen LogP contribution is -2.41. The van der Waals surface area contributed by atoms with Crippen molar-refractivity contribution in [2.45, 2.75) is 87.1 Å². The van der Waals surface area contributed by atoms with E-state index in [-0.39, 0.29) is 11.4 Å². The molecule has 3 rings (SSSR count). The quantitative estimate of drug-likeness (QED) is 0.512. The lowest BCUT2D eigenvalue weighted by atomic mass is 10.0. The molecule has 1 amide bonds. The van der Waals surface area contributed by atoms with Crippen molar-refractivity contribution in [3.05, 3.63) is 82.9 Å². The highest BCUT2D eigenvalue weighted by Crippen LogP contribution is 2.10. The molecule has 0 spiro atoms. The first kappa shape index (κ1) is 30.3. The number of hydrogen-bond donors (Lipinski definition) is 1. The third-order valence-corrected chi connectivity index (χ3v) is 4.35. The Morgan fingerprint density at radius 1 is 0.939 bits per heavy atom. The number of nitrogens with zero attached hydrogens (tertiary/aromatic N) is 1. The first-order valence-electron chi connectivity index (χ1n) is 12.1. The number of hydrogen-bond acceptors (Lipinski definition) is 2. The van der Waals surface area contributed by atoms with E-state index < -0.39 is 0 Å². The fraction of sp³-hybridized carbons (Fsp3) is 0.467. The van der Waals surface area contributed by atoms with E-state index in [0.717, 1.165) is 18.7 Å². The molecule has 1 aliphatic heterocycles. The molecule has 1 N–H and O–H groups in total. The van der Waals surface area contributed by atoms with Crippen LogP contribution in [0.1, 0.15) is 78.0 Å². The molecule has 2 aromatic carbocycles. The summed E-state index contributed by atoms with van der Waals surface area (Å²) in [6, 6.07) is 18.6. The fourth-order valence-corrected chi connectivity index (χ4v) is 2.90. The van der Waals surface area contributed by atoms with Crippen LogP contribution in [0.25, 0.3) is 0 Å². The number of aryl methyl sites for hydroxylation is 3. The van der Waals surface area contributed by atoms with Gasteiger partial charge in [-0.3, -0.25) is 9.79 Å². The van der Waals surface area contributed by atoms with Gasteiger partial charge in [0.25, 0.3) is 0 Å². The summed E-state index contributed by atoms with van der Waals surface area (Å²) in [7, 11) is 0. The van der Waals surface area contributed by atoms with Crippen LogP contribution in [-0.4, -0.2) is 23.7 Å². The van der Waals surface area contributed by atoms with Crippen LogP contribution in [0, 0.1) is 13.8 Å². The number of carbonyl (C=O) groups excluding carboxylic acids is 1. The molecule has 2 aromatic rings. The molecule has 0 atom stereocenters. The van der Waals surface area contributed by atoms with Gasteiger partial charge >= 0.3 is 0 Å². The SMILES string of the molecule is CC1=CC(CC(=O)NC(C)(C)C)=NC1.CCC.CCc1cc(C)ccc1C.c1ccccc1. The lowest BCUT2D eigenvalue weighted by molar-refractivity contribution is -0.121. The van der Waals surface area contributed by atoms with E-state index in [1.54, 1.807) is 0 Å². The standard InChI is InChI=1S/C11H18N2O.C10H14.C6H6.C3H8/c1-8-5-9(12-7-8)6-10(14)13-11(2,3)4;1-4-10-7-8(2)5-6-9(10)3;1-2-4-6-5-3-1;1-3-2/h5H,6-7H2,1-4H3,(H,13,14);5-7H,4H2,1-3H3;1-6H;3H2,1-2H3. The van der Waals surface area contributed by atoms with Gasteiger partial charge in [-0.25, -0.2) is 0 Å². The van der Waals surface area contributed by atoms with Gasteiger partial charge in [-0.05, 0) is 65.2 Å². The minimum Gasteiger partial charge on any atom is -0.351 e. The maximum absolute atomic E-state index is 11.5. The van der Waals surface area contributed by atoms with E-state index in [2.05, 4.69) is 63.1 Å². The zero-order valence-corrected chi connectivity index (χ0v) is 22.5. The zero-order valence-electron chi connectivity index (χ0n) is 22.5. The molecule has 0 aliphatic carbocycles. The van der Waals surface area contributed by atoms with Crippen molar-refractivity contribution in [3.8, 4) is 0 Å². The van der Waals surface area contributed by atoms with Crippen molar-refractivity contribution in [1.29, 1.82) is 0 Å². The van der Waals surface area contributed by atoms with Crippen LogP contribution >= 0.6 is 0 Å². The highest BCUT2D eigenvalue weighted by atomic mass is 16.1. The van der Waals surface area contributed by atoms with Crippen molar-refractivity contribution in [1.82, 2.24) is 5.32 Å². The van der Waals surface area contributed by atoms with Gasteiger partial charge in [0, 0.05) is 11.3 Å². The Balaban J connectivity index is 0.000000467. The minimum atomic E-state index is -0.158. The zero-order chi connectivity index (χ0) is 25.3. The monoisotopic (exact) mass is 450 g/mol. The van der Waals surface area contributed by atoms with Crippen molar-refractivity contribution in [3.63, 3.8) is 0 Å². The van der Waals surface area contributed by atoms with E-state index in [1.807, 2.05) is 70.2 Å². The summed E-state index contributed by atoms with van der Waals surface area (Å²) in [5, 5.41) is 2.91. The number of carbonyl (C=O) groups is 1. The number of rotatable bonds is 3. The van der Waals surface area contributed by atoms with E-state index in [4.69, 9.17) is 0 Å². The summed E-state index contributed by atoms with van der Waals surface area (Å²) in [6.07, 6.45) is 4.78. The molecule has 0 radical (unpaired) electrons. The third kappa shape index (κ3) is 16.6. The van der Waals surface area contributed by atoms with Gasteiger partial charge in [0.2, 0.25) is 5.91 Å². The summed E-state index contributed by atoms with van der Waals surface area (Å²) >= 11 is 0. The van der Waals surface area contributed by atoms with Gasteiger partial charge < -0.3 is 5.32 Å². The van der Waals surface area contributed by atoms with Gasteiger partial charge in [0.15, 0.2) is 0 Å². The number of aliphatic imine (C=N–C) groups is 1. The molecule has 0 bridgehead atoms. The van der Waals surface area contributed by atoms with Crippen LogP contribution in [-0.2, 0) is 11.2 Å². The molecule has 182 valence electrons. The average molecular weight is 451 g/mol. The summed E-state index contributed by atoms with van der Waals surface area (Å²) in [5.74, 6) is 0.0437. The minimum absolute atomic E-state index is 0.0437. The highest BCUT2D eigenvalue weighted by Gasteiger charge is 2.16. The second-order valence-corrected chi connectivity index (χ2v) is 9.42. The number of amides is 1. The van der Waals surface area contributed by atoms with Gasteiger partial charge in [-0.2, -0.15) is 0 Å². The molecule has 0 saturated heterocycles. The third-order valence-electron chi connectivity index (χ3n) is 4.35. The normalized spacial score (nSPS) is 11.9. The Morgan fingerprint density at radius 2 is 1.45 bits per heavy atom. The highest BCUT2D eigenvalue weighted by molar-refractivity contribution is 6.08. The summed E-state index contributed by atoms with van der Waals surface area (Å²) in [4.78, 5) is 15.8. The van der Waals surface area contributed by atoms with Crippen molar-refractivity contribution in [2.24, 2.45) is 4.99 Å². The maximum Gasteiger partial charge on any atom is 0.226 e. The Kier molecular flexibility index (Phi) is 15.5. The Morgan fingerprint density at radius 3 is 1.82 bits per heavy atom. The molecule has 3 heteroatoms. The van der Waals surface area contributed by atoms with Gasteiger partial charge in [-0.1, -0.05) is 92.9 Å². The van der Waals surface area contributed by atoms with Crippen LogP contribution < -0.4 is 5.32 Å². The Bertz CT molecular complexity index is 832. The van der Waals surface area contributed by atoms with E-state index in [9.17, 15) is 4.79 Å². The second kappa shape index (κ2) is 16.9. The summed E-state index contributed by atoms with van der Waals surface area (Å²) in [5.41, 5.74) is 6.21. The molecule has 0 saturated carbocycles. The van der Waals surface area contributed by atoms with Crippen LogP contribution in [0.15, 0.2) is 71.2 Å². The van der Waals surface area contributed by atoms with E-state index >= 15 is 0 Å². The average Bonchev–Trinajstić information content (AvgIpc) is 3.15. The molecule has 0 aromatic heterocycles. The second-order valence-electron chi connectivity index (χ2n) is 9.42. The van der Waals surface area contributed by atoms with Crippen LogP contribution in [0.4, 0.5) is 0 Å². The number of allylic oxidation sites excluding steroid dienone is 1. The van der Waals surface area contributed by atoms with Crippen molar-refractivity contribution >= 4 is 11.6 Å². The lowest BCUT2D eigenvalue weighted by Gasteiger charge is -2.20. The fourth-order valence-electron chi connectivity index (χ4n) is 2.90. The van der Waals surface area contributed by atoms with Gasteiger partial charge in [0.1, 0.15) is 0 Å². The number of benzene rings is 2. The molecule has 1 heterocycles. The predicted octanol–water partition coefficient (Wildman–Crippen LogP) is 7.66. The summed E-state index contributed by atoms with van der Waals surface area (Å²) < 4.78 is 0. The first-order chi connectivity index (χ1) is 15.5. The van der Waals surface area contributed by atoms with Crippen molar-refractivity contribution in [2.75, 3.05) is 6.54 Å². The molecule has 33 heavy (non-hydrogen) atoms. The maximum atomic E-state index is 11.5.